The quantitative estimate of drug-likeness (QED) is 0.840. The van der Waals surface area contributed by atoms with Gasteiger partial charge in [0.15, 0.2) is 0 Å². The van der Waals surface area contributed by atoms with Crippen molar-refractivity contribution in [1.29, 1.82) is 0 Å². The molecule has 1 saturated carbocycles. The number of amides is 1. The van der Waals surface area contributed by atoms with Gasteiger partial charge in [0.05, 0.1) is 12.2 Å². The van der Waals surface area contributed by atoms with Crippen LogP contribution >= 0.6 is 11.6 Å². The Labute approximate surface area is 158 Å². The van der Waals surface area contributed by atoms with Gasteiger partial charge >= 0.3 is 0 Å². The molecule has 1 aliphatic carbocycles. The number of hydrogen-bond acceptors (Lipinski definition) is 3. The summed E-state index contributed by atoms with van der Waals surface area (Å²) in [5, 5.41) is 7.97. The van der Waals surface area contributed by atoms with Gasteiger partial charge in [-0.3, -0.25) is 9.59 Å². The van der Waals surface area contributed by atoms with Crippen molar-refractivity contribution < 1.29 is 4.79 Å². The number of halogens is 1. The van der Waals surface area contributed by atoms with E-state index in [1.54, 1.807) is 18.2 Å². The third kappa shape index (κ3) is 5.18. The lowest BCUT2D eigenvalue weighted by molar-refractivity contribution is -0.122. The highest BCUT2D eigenvalue weighted by Crippen LogP contribution is 2.26. The minimum atomic E-state index is -0.177. The summed E-state index contributed by atoms with van der Waals surface area (Å²) in [7, 11) is 0. The molecule has 1 amide bonds. The molecule has 2 aromatic rings. The van der Waals surface area contributed by atoms with Crippen LogP contribution in [0, 0.1) is 5.92 Å². The van der Waals surface area contributed by atoms with Crippen LogP contribution < -0.4 is 10.9 Å². The first-order valence-corrected chi connectivity index (χ1v) is 9.60. The van der Waals surface area contributed by atoms with Crippen LogP contribution in [0.3, 0.4) is 0 Å². The van der Waals surface area contributed by atoms with E-state index in [0.717, 1.165) is 18.4 Å². The van der Waals surface area contributed by atoms with Gasteiger partial charge in [-0.15, -0.1) is 0 Å². The van der Waals surface area contributed by atoms with Crippen molar-refractivity contribution in [2.75, 3.05) is 6.54 Å². The van der Waals surface area contributed by atoms with Gasteiger partial charge in [0.2, 0.25) is 5.91 Å². The second kappa shape index (κ2) is 8.99. The molecule has 26 heavy (non-hydrogen) atoms. The molecule has 5 nitrogen and oxygen atoms in total. The maximum absolute atomic E-state index is 12.1. The molecule has 1 fully saturated rings. The molecule has 138 valence electrons. The first-order valence-electron chi connectivity index (χ1n) is 9.22. The highest BCUT2D eigenvalue weighted by Gasteiger charge is 2.16. The minimum absolute atomic E-state index is 0.0683. The fourth-order valence-electron chi connectivity index (χ4n) is 3.41. The molecule has 1 aromatic heterocycles. The molecule has 3 rings (SSSR count). The summed E-state index contributed by atoms with van der Waals surface area (Å²) in [4.78, 5) is 24.1. The number of rotatable bonds is 6. The van der Waals surface area contributed by atoms with Gasteiger partial charge in [-0.05, 0) is 37.0 Å². The van der Waals surface area contributed by atoms with Gasteiger partial charge in [-0.2, -0.15) is 5.10 Å². The molecule has 1 heterocycles. The van der Waals surface area contributed by atoms with Crippen LogP contribution in [0.2, 0.25) is 5.02 Å². The Kier molecular flexibility index (Phi) is 6.45. The highest BCUT2D eigenvalue weighted by molar-refractivity contribution is 6.30. The van der Waals surface area contributed by atoms with E-state index in [2.05, 4.69) is 10.4 Å². The van der Waals surface area contributed by atoms with Crippen LogP contribution in [0.25, 0.3) is 11.3 Å². The minimum Gasteiger partial charge on any atom is -0.354 e. The van der Waals surface area contributed by atoms with E-state index >= 15 is 0 Å². The summed E-state index contributed by atoms with van der Waals surface area (Å²) in [5.74, 6) is 0.580. The molecular formula is C20H24ClN3O2. The molecule has 0 radical (unpaired) electrons. The molecule has 0 aliphatic heterocycles. The average Bonchev–Trinajstić information content (AvgIpc) is 2.65. The molecule has 1 aliphatic rings. The predicted molar refractivity (Wildman–Crippen MR) is 103 cm³/mol. The number of aromatic nitrogens is 2. The fourth-order valence-corrected chi connectivity index (χ4v) is 3.54. The van der Waals surface area contributed by atoms with Crippen LogP contribution in [-0.4, -0.2) is 22.2 Å². The summed E-state index contributed by atoms with van der Waals surface area (Å²) in [6.45, 7) is 0.763. The molecule has 6 heteroatoms. The van der Waals surface area contributed by atoms with Gasteiger partial charge in [-0.1, -0.05) is 43.0 Å². The first-order chi connectivity index (χ1) is 12.6. The van der Waals surface area contributed by atoms with E-state index in [1.165, 1.54) is 30.0 Å². The van der Waals surface area contributed by atoms with Crippen molar-refractivity contribution in [3.8, 4) is 11.3 Å². The molecule has 0 unspecified atom stereocenters. The second-order valence-electron chi connectivity index (χ2n) is 6.84. The van der Waals surface area contributed by atoms with Crippen LogP contribution in [0.15, 0.2) is 41.2 Å². The average molecular weight is 374 g/mol. The second-order valence-corrected chi connectivity index (χ2v) is 7.28. The molecule has 1 aromatic carbocycles. The molecule has 0 spiro atoms. The summed E-state index contributed by atoms with van der Waals surface area (Å²) >= 11 is 5.91. The molecule has 0 atom stereocenters. The molecule has 0 bridgehead atoms. The zero-order chi connectivity index (χ0) is 18.4. The van der Waals surface area contributed by atoms with Crippen LogP contribution in [0.1, 0.15) is 38.5 Å². The Morgan fingerprint density at radius 1 is 1.12 bits per heavy atom. The van der Waals surface area contributed by atoms with Gasteiger partial charge in [-0.25, -0.2) is 4.68 Å². The monoisotopic (exact) mass is 373 g/mol. The largest absolute Gasteiger partial charge is 0.354 e. The first kappa shape index (κ1) is 18.6. The Bertz CT molecular complexity index is 795. The SMILES string of the molecule is O=C(CC1CCCCC1)NCCn1nc(-c2ccc(Cl)cc2)ccc1=O. The number of benzene rings is 1. The number of nitrogens with zero attached hydrogens (tertiary/aromatic N) is 2. The smallest absolute Gasteiger partial charge is 0.266 e. The third-order valence-electron chi connectivity index (χ3n) is 4.85. The standard InChI is InChI=1S/C20H24ClN3O2/c21-17-8-6-16(7-9-17)18-10-11-20(26)24(23-18)13-12-22-19(25)14-15-4-2-1-3-5-15/h6-11,15H,1-5,12-14H2,(H,22,25). The van der Waals surface area contributed by atoms with Crippen molar-refractivity contribution in [3.05, 3.63) is 51.8 Å². The zero-order valence-corrected chi connectivity index (χ0v) is 15.5. The van der Waals surface area contributed by atoms with Crippen molar-refractivity contribution in [2.45, 2.75) is 45.1 Å². The van der Waals surface area contributed by atoms with Crippen LogP contribution in [-0.2, 0) is 11.3 Å². The maximum atomic E-state index is 12.1. The van der Waals surface area contributed by atoms with E-state index in [4.69, 9.17) is 11.6 Å². The topological polar surface area (TPSA) is 64.0 Å². The number of carbonyl (C=O) groups is 1. The third-order valence-corrected chi connectivity index (χ3v) is 5.10. The Hall–Kier alpha value is -2.14. The van der Waals surface area contributed by atoms with E-state index in [9.17, 15) is 9.59 Å². The normalized spacial score (nSPS) is 15.0. The van der Waals surface area contributed by atoms with Gasteiger partial charge < -0.3 is 5.32 Å². The lowest BCUT2D eigenvalue weighted by Crippen LogP contribution is -2.33. The highest BCUT2D eigenvalue weighted by atomic mass is 35.5. The lowest BCUT2D eigenvalue weighted by atomic mass is 9.87. The van der Waals surface area contributed by atoms with Crippen molar-refractivity contribution >= 4 is 17.5 Å². The number of carbonyl (C=O) groups excluding carboxylic acids is 1. The van der Waals surface area contributed by atoms with E-state index in [1.807, 2.05) is 12.1 Å². The molecule has 0 saturated heterocycles. The summed E-state index contributed by atoms with van der Waals surface area (Å²) in [6, 6.07) is 10.5. The van der Waals surface area contributed by atoms with Gasteiger partial charge in [0.25, 0.3) is 5.56 Å². The zero-order valence-electron chi connectivity index (χ0n) is 14.8. The molecule has 1 N–H and O–H groups in total. The Morgan fingerprint density at radius 3 is 2.58 bits per heavy atom. The maximum Gasteiger partial charge on any atom is 0.266 e. The van der Waals surface area contributed by atoms with E-state index < -0.39 is 0 Å². The van der Waals surface area contributed by atoms with Crippen LogP contribution in [0.5, 0.6) is 0 Å². The van der Waals surface area contributed by atoms with Crippen molar-refractivity contribution in [3.63, 3.8) is 0 Å². The van der Waals surface area contributed by atoms with E-state index in [-0.39, 0.29) is 11.5 Å². The van der Waals surface area contributed by atoms with Gasteiger partial charge in [0.1, 0.15) is 0 Å². The fraction of sp³-hybridized carbons (Fsp3) is 0.450. The summed E-state index contributed by atoms with van der Waals surface area (Å²) in [5.41, 5.74) is 1.42. The predicted octanol–water partition coefficient (Wildman–Crippen LogP) is 3.65. The van der Waals surface area contributed by atoms with Crippen LogP contribution in [0.4, 0.5) is 0 Å². The number of nitrogens with one attached hydrogen (secondary N) is 1. The van der Waals surface area contributed by atoms with Crippen molar-refractivity contribution in [2.24, 2.45) is 5.92 Å². The number of hydrogen-bond donors (Lipinski definition) is 1. The van der Waals surface area contributed by atoms with Crippen molar-refractivity contribution in [1.82, 2.24) is 15.1 Å². The lowest BCUT2D eigenvalue weighted by Gasteiger charge is -2.20. The van der Waals surface area contributed by atoms with E-state index in [0.29, 0.717) is 36.1 Å². The molecular weight excluding hydrogens is 350 g/mol. The Balaban J connectivity index is 1.55. The Morgan fingerprint density at radius 2 is 1.85 bits per heavy atom. The summed E-state index contributed by atoms with van der Waals surface area (Å²) in [6.07, 6.45) is 6.64. The van der Waals surface area contributed by atoms with Gasteiger partial charge in [0, 0.05) is 29.6 Å². The summed E-state index contributed by atoms with van der Waals surface area (Å²) < 4.78 is 1.39.